The number of fused-ring (bicyclic) bond motifs is 2. The number of carbonyl (C=O) groups excluding carboxylic acids is 2. The van der Waals surface area contributed by atoms with Crippen LogP contribution in [0.15, 0.2) is 85.3 Å². The Balaban J connectivity index is 1.27. The van der Waals surface area contributed by atoms with Gasteiger partial charge in [0.05, 0.1) is 32.7 Å². The number of Topliss-reactive ketones (excluding diaryl/α,β-unsaturated/α-hetero) is 1. The fourth-order valence-electron chi connectivity index (χ4n) is 4.77. The molecule has 0 aliphatic heterocycles. The van der Waals surface area contributed by atoms with Gasteiger partial charge in [-0.3, -0.25) is 24.7 Å². The normalized spacial score (nSPS) is 11.3. The van der Waals surface area contributed by atoms with E-state index in [-0.39, 0.29) is 11.7 Å². The second-order valence-corrected chi connectivity index (χ2v) is 10.7. The second kappa shape index (κ2) is 10.1. The van der Waals surface area contributed by atoms with Crippen molar-refractivity contribution in [3.63, 3.8) is 0 Å². The Morgan fingerprint density at radius 3 is 2.62 bits per heavy atom. The number of H-pyrrole nitrogens is 2. The van der Waals surface area contributed by atoms with Crippen LogP contribution in [-0.2, 0) is 0 Å². The molecule has 0 unspecified atom stereocenters. The van der Waals surface area contributed by atoms with E-state index in [1.807, 2.05) is 18.2 Å². The third-order valence-corrected chi connectivity index (χ3v) is 8.00. The number of pyridine rings is 2. The topological polar surface area (TPSA) is 129 Å². The van der Waals surface area contributed by atoms with E-state index in [2.05, 4.69) is 30.5 Å². The molecule has 5 heterocycles. The molecule has 0 atom stereocenters. The van der Waals surface area contributed by atoms with Crippen LogP contribution in [0.3, 0.4) is 0 Å². The molecule has 0 saturated carbocycles. The number of nitrogens with zero attached hydrogens (tertiary/aromatic N) is 4. The smallest absolute Gasteiger partial charge is 0.255 e. The first-order valence-corrected chi connectivity index (χ1v) is 13.7. The molecular weight excluding hydrogens is 553 g/mol. The summed E-state index contributed by atoms with van der Waals surface area (Å²) in [6.07, 6.45) is 4.73. The molecule has 7 rings (SSSR count). The molecule has 0 aliphatic carbocycles. The lowest BCUT2D eigenvalue weighted by Gasteiger charge is -2.08. The number of anilines is 1. The number of amides is 1. The van der Waals surface area contributed by atoms with Gasteiger partial charge in [-0.25, -0.2) is 9.37 Å². The van der Waals surface area contributed by atoms with Crippen LogP contribution in [0.2, 0.25) is 0 Å². The zero-order valence-electron chi connectivity index (χ0n) is 22.0. The lowest BCUT2D eigenvalue weighted by molar-refractivity contribution is 0.101. The largest absolute Gasteiger partial charge is 0.336 e. The molecule has 7 aromatic rings. The van der Waals surface area contributed by atoms with Gasteiger partial charge in [0.1, 0.15) is 22.7 Å². The Morgan fingerprint density at radius 2 is 1.81 bits per heavy atom. The first-order chi connectivity index (χ1) is 20.4. The third kappa shape index (κ3) is 4.51. The van der Waals surface area contributed by atoms with Crippen LogP contribution in [0.25, 0.3) is 55.2 Å². The maximum absolute atomic E-state index is 15.3. The Hall–Kier alpha value is -5.55. The highest BCUT2D eigenvalue weighted by Crippen LogP contribution is 2.35. The number of nitrogens with one attached hydrogen (secondary N) is 3. The predicted octanol–water partition coefficient (Wildman–Crippen LogP) is 6.89. The highest BCUT2D eigenvalue weighted by atomic mass is 32.1. The summed E-state index contributed by atoms with van der Waals surface area (Å²) in [5.74, 6) is -0.289. The maximum atomic E-state index is 15.3. The van der Waals surface area contributed by atoms with Gasteiger partial charge in [-0.05, 0) is 49.4 Å². The summed E-state index contributed by atoms with van der Waals surface area (Å²) < 4.78 is 15.3. The van der Waals surface area contributed by atoms with Crippen molar-refractivity contribution < 1.29 is 14.0 Å². The van der Waals surface area contributed by atoms with Crippen LogP contribution in [0, 0.1) is 5.82 Å². The van der Waals surface area contributed by atoms with Gasteiger partial charge in [-0.15, -0.1) is 11.3 Å². The van der Waals surface area contributed by atoms with Crippen molar-refractivity contribution in [2.24, 2.45) is 0 Å². The number of aromatic nitrogens is 6. The van der Waals surface area contributed by atoms with Crippen molar-refractivity contribution >= 4 is 50.7 Å². The zero-order valence-corrected chi connectivity index (χ0v) is 22.8. The average Bonchev–Trinajstić information content (AvgIpc) is 3.75. The number of ketones is 1. The number of carbonyl (C=O) groups is 2. The highest BCUT2D eigenvalue weighted by molar-refractivity contribution is 7.17. The van der Waals surface area contributed by atoms with Crippen LogP contribution >= 0.6 is 11.3 Å². The van der Waals surface area contributed by atoms with E-state index in [1.54, 1.807) is 48.7 Å². The van der Waals surface area contributed by atoms with Gasteiger partial charge in [0.2, 0.25) is 0 Å². The van der Waals surface area contributed by atoms with Gasteiger partial charge in [0.25, 0.3) is 5.91 Å². The van der Waals surface area contributed by atoms with Crippen LogP contribution < -0.4 is 5.32 Å². The number of benzene rings is 2. The Morgan fingerprint density at radius 1 is 0.952 bits per heavy atom. The quantitative estimate of drug-likeness (QED) is 0.186. The zero-order chi connectivity index (χ0) is 28.8. The van der Waals surface area contributed by atoms with E-state index in [0.29, 0.717) is 60.9 Å². The minimum atomic E-state index is -0.471. The SMILES string of the molecule is CC(=O)c1ccc(-c2nccc3[nH]c(-c4n[nH]c5cc(F)c(-c6cncc(NC(=O)c7ccccc7)c6)cc45)nc23)s1. The van der Waals surface area contributed by atoms with Gasteiger partial charge in [-0.2, -0.15) is 5.10 Å². The molecule has 0 spiro atoms. The molecule has 9 nitrogen and oxygen atoms in total. The van der Waals surface area contributed by atoms with E-state index >= 15 is 4.39 Å². The molecule has 1 amide bonds. The van der Waals surface area contributed by atoms with Crippen LogP contribution in [-0.4, -0.2) is 41.8 Å². The number of hydrogen-bond acceptors (Lipinski definition) is 7. The van der Waals surface area contributed by atoms with Crippen molar-refractivity contribution in [3.05, 3.63) is 102 Å². The maximum Gasteiger partial charge on any atom is 0.255 e. The van der Waals surface area contributed by atoms with Gasteiger partial charge in [-0.1, -0.05) is 18.2 Å². The minimum absolute atomic E-state index is 0.00789. The first-order valence-electron chi connectivity index (χ1n) is 12.9. The number of halogens is 1. The number of imidazole rings is 1. The number of rotatable bonds is 6. The van der Waals surface area contributed by atoms with Crippen molar-refractivity contribution in [2.75, 3.05) is 5.32 Å². The van der Waals surface area contributed by atoms with Gasteiger partial charge in [0, 0.05) is 40.5 Å². The molecule has 204 valence electrons. The van der Waals surface area contributed by atoms with Gasteiger partial charge < -0.3 is 10.3 Å². The molecule has 0 fully saturated rings. The summed E-state index contributed by atoms with van der Waals surface area (Å²) >= 11 is 1.36. The summed E-state index contributed by atoms with van der Waals surface area (Å²) in [5.41, 5.74) is 4.75. The molecule has 2 aromatic carbocycles. The summed E-state index contributed by atoms with van der Waals surface area (Å²) in [6.45, 7) is 1.53. The predicted molar refractivity (Wildman–Crippen MR) is 160 cm³/mol. The van der Waals surface area contributed by atoms with E-state index in [9.17, 15) is 9.59 Å². The minimum Gasteiger partial charge on any atom is -0.336 e. The summed E-state index contributed by atoms with van der Waals surface area (Å²) in [7, 11) is 0. The lowest BCUT2D eigenvalue weighted by atomic mass is 10.0. The van der Waals surface area contributed by atoms with E-state index in [1.165, 1.54) is 36.7 Å². The fourth-order valence-corrected chi connectivity index (χ4v) is 5.67. The van der Waals surface area contributed by atoms with E-state index in [4.69, 9.17) is 4.98 Å². The Kier molecular flexibility index (Phi) is 6.13. The standard InChI is InChI=1S/C31H20FN7O2S/c1-16(40)25-7-8-26(42-25)29-28-23(9-10-34-29)36-30(37-28)27-21-12-20(22(32)13-24(21)38-39-27)18-11-19(15-33-14-18)35-31(41)17-5-3-2-4-6-17/h2-15H,1H3,(H,35,41)(H,36,37)(H,38,39). The lowest BCUT2D eigenvalue weighted by Crippen LogP contribution is -2.11. The van der Waals surface area contributed by atoms with Crippen LogP contribution in [0.1, 0.15) is 27.0 Å². The molecule has 5 aromatic heterocycles. The van der Waals surface area contributed by atoms with Crippen LogP contribution in [0.4, 0.5) is 10.1 Å². The van der Waals surface area contributed by atoms with E-state index in [0.717, 1.165) is 10.4 Å². The monoisotopic (exact) mass is 573 g/mol. The van der Waals surface area contributed by atoms with Crippen LogP contribution in [0.5, 0.6) is 0 Å². The highest BCUT2D eigenvalue weighted by Gasteiger charge is 2.19. The Labute approximate surface area is 241 Å². The molecule has 3 N–H and O–H groups in total. The molecule has 0 aliphatic rings. The summed E-state index contributed by atoms with van der Waals surface area (Å²) in [4.78, 5) is 42.8. The number of thiophene rings is 1. The molecule has 0 bridgehead atoms. The molecule has 42 heavy (non-hydrogen) atoms. The summed E-state index contributed by atoms with van der Waals surface area (Å²) in [6, 6.07) is 19.0. The number of hydrogen-bond donors (Lipinski definition) is 3. The molecule has 0 saturated heterocycles. The molecule has 0 radical (unpaired) electrons. The van der Waals surface area contributed by atoms with Crippen molar-refractivity contribution in [2.45, 2.75) is 6.92 Å². The van der Waals surface area contributed by atoms with Gasteiger partial charge in [0.15, 0.2) is 11.6 Å². The fraction of sp³-hybridized carbons (Fsp3) is 0.0323. The van der Waals surface area contributed by atoms with Crippen molar-refractivity contribution in [1.82, 2.24) is 30.1 Å². The van der Waals surface area contributed by atoms with E-state index < -0.39 is 5.82 Å². The molecular formula is C31H20FN7O2S. The van der Waals surface area contributed by atoms with Crippen molar-refractivity contribution in [3.8, 4) is 33.2 Å². The van der Waals surface area contributed by atoms with Crippen molar-refractivity contribution in [1.29, 1.82) is 0 Å². The third-order valence-electron chi connectivity index (χ3n) is 6.81. The van der Waals surface area contributed by atoms with Gasteiger partial charge >= 0.3 is 0 Å². The number of aromatic amines is 2. The average molecular weight is 574 g/mol. The Bertz CT molecular complexity index is 2150. The first kappa shape index (κ1) is 25.4. The summed E-state index contributed by atoms with van der Waals surface area (Å²) in [5, 5.41) is 10.8. The molecule has 11 heteroatoms. The second-order valence-electron chi connectivity index (χ2n) is 9.59.